The summed E-state index contributed by atoms with van der Waals surface area (Å²) in [5.41, 5.74) is 5.25. The molecule has 1 saturated heterocycles. The first-order valence-corrected chi connectivity index (χ1v) is 5.89. The lowest BCUT2D eigenvalue weighted by Gasteiger charge is -2.27. The second-order valence-corrected chi connectivity index (χ2v) is 4.30. The lowest BCUT2D eigenvalue weighted by molar-refractivity contribution is 0.200. The van der Waals surface area contributed by atoms with Gasteiger partial charge in [-0.25, -0.2) is 13.6 Å². The van der Waals surface area contributed by atoms with Crippen LogP contribution in [-0.4, -0.2) is 24.0 Å². The molecule has 3 N–H and O–H groups in total. The summed E-state index contributed by atoms with van der Waals surface area (Å²) >= 11 is 0. The van der Waals surface area contributed by atoms with Gasteiger partial charge in [0.1, 0.15) is 5.69 Å². The lowest BCUT2D eigenvalue weighted by atomic mass is 10.1. The van der Waals surface area contributed by atoms with Crippen molar-refractivity contribution in [3.05, 3.63) is 23.8 Å². The molecule has 0 unspecified atom stereocenters. The highest BCUT2D eigenvalue weighted by Gasteiger charge is 2.20. The molecule has 2 rings (SSSR count). The summed E-state index contributed by atoms with van der Waals surface area (Å²) in [5.74, 6) is -2.15. The summed E-state index contributed by atoms with van der Waals surface area (Å²) in [4.78, 5) is 13.4. The fourth-order valence-electron chi connectivity index (χ4n) is 1.98. The number of likely N-dealkylation sites (tertiary alicyclic amines) is 1. The normalized spacial score (nSPS) is 15.6. The zero-order chi connectivity index (χ0) is 13.1. The van der Waals surface area contributed by atoms with Gasteiger partial charge in [0.2, 0.25) is 0 Å². The Morgan fingerprint density at radius 2 is 1.89 bits per heavy atom. The van der Waals surface area contributed by atoms with E-state index in [0.717, 1.165) is 25.3 Å². The molecule has 1 aromatic rings. The first kappa shape index (κ1) is 12.6. The van der Waals surface area contributed by atoms with Crippen molar-refractivity contribution in [3.8, 4) is 0 Å². The van der Waals surface area contributed by atoms with E-state index in [1.54, 1.807) is 4.90 Å². The first-order chi connectivity index (χ1) is 8.59. The number of nitrogen functional groups attached to an aromatic ring is 1. The molecule has 0 atom stereocenters. The molecule has 1 heterocycles. The predicted molar refractivity (Wildman–Crippen MR) is 65.2 cm³/mol. The van der Waals surface area contributed by atoms with Crippen LogP contribution in [0, 0.1) is 11.6 Å². The molecule has 4 nitrogen and oxygen atoms in total. The molecular formula is C12H15F2N3O. The van der Waals surface area contributed by atoms with Gasteiger partial charge in [-0.15, -0.1) is 0 Å². The fourth-order valence-corrected chi connectivity index (χ4v) is 1.98. The van der Waals surface area contributed by atoms with Crippen LogP contribution in [-0.2, 0) is 0 Å². The van der Waals surface area contributed by atoms with E-state index in [-0.39, 0.29) is 11.4 Å². The molecular weight excluding hydrogens is 240 g/mol. The standard InChI is InChI=1S/C12H15F2N3O/c13-8-4-5-9(15)11(10(8)14)16-12(18)17-6-2-1-3-7-17/h4-5H,1-3,6-7,15H2,(H,16,18). The van der Waals surface area contributed by atoms with Gasteiger partial charge >= 0.3 is 6.03 Å². The Labute approximate surface area is 104 Å². The molecule has 1 fully saturated rings. The minimum Gasteiger partial charge on any atom is -0.397 e. The second-order valence-electron chi connectivity index (χ2n) is 4.30. The maximum atomic E-state index is 13.5. The summed E-state index contributed by atoms with van der Waals surface area (Å²) in [6, 6.07) is 1.72. The number of hydrogen-bond acceptors (Lipinski definition) is 2. The van der Waals surface area contributed by atoms with Gasteiger partial charge in [0.25, 0.3) is 0 Å². The molecule has 0 aromatic heterocycles. The second kappa shape index (κ2) is 5.20. The topological polar surface area (TPSA) is 58.4 Å². The minimum atomic E-state index is -1.12. The van der Waals surface area contributed by atoms with E-state index >= 15 is 0 Å². The number of anilines is 2. The van der Waals surface area contributed by atoms with Gasteiger partial charge in [-0.1, -0.05) is 0 Å². The summed E-state index contributed by atoms with van der Waals surface area (Å²) in [6.45, 7) is 1.26. The largest absolute Gasteiger partial charge is 0.397 e. The Morgan fingerprint density at radius 1 is 1.22 bits per heavy atom. The number of nitrogens with one attached hydrogen (secondary N) is 1. The van der Waals surface area contributed by atoms with Gasteiger partial charge in [0.05, 0.1) is 5.69 Å². The van der Waals surface area contributed by atoms with Crippen LogP contribution < -0.4 is 11.1 Å². The van der Waals surface area contributed by atoms with Crippen LogP contribution in [0.4, 0.5) is 25.0 Å². The van der Waals surface area contributed by atoms with Crippen LogP contribution in [0.2, 0.25) is 0 Å². The Bertz CT molecular complexity index is 459. The van der Waals surface area contributed by atoms with Gasteiger partial charge in [-0.3, -0.25) is 0 Å². The monoisotopic (exact) mass is 255 g/mol. The summed E-state index contributed by atoms with van der Waals surface area (Å²) in [5, 5.41) is 2.34. The van der Waals surface area contributed by atoms with E-state index in [4.69, 9.17) is 5.73 Å². The number of amides is 2. The molecule has 0 saturated carbocycles. The highest BCUT2D eigenvalue weighted by Crippen LogP contribution is 2.25. The van der Waals surface area contributed by atoms with Crippen LogP contribution >= 0.6 is 0 Å². The maximum absolute atomic E-state index is 13.5. The molecule has 1 aromatic carbocycles. The minimum absolute atomic E-state index is 0.0132. The average Bonchev–Trinajstić information content (AvgIpc) is 2.40. The summed E-state index contributed by atoms with van der Waals surface area (Å²) in [7, 11) is 0. The summed E-state index contributed by atoms with van der Waals surface area (Å²) < 4.78 is 26.6. The van der Waals surface area contributed by atoms with Crippen molar-refractivity contribution in [2.75, 3.05) is 24.1 Å². The van der Waals surface area contributed by atoms with E-state index in [1.165, 1.54) is 6.07 Å². The van der Waals surface area contributed by atoms with E-state index < -0.39 is 17.7 Å². The maximum Gasteiger partial charge on any atom is 0.321 e. The Hall–Kier alpha value is -1.85. The third-order valence-corrected chi connectivity index (χ3v) is 3.00. The van der Waals surface area contributed by atoms with Crippen LogP contribution in [0.5, 0.6) is 0 Å². The number of piperidine rings is 1. The zero-order valence-electron chi connectivity index (χ0n) is 9.88. The van der Waals surface area contributed by atoms with E-state index in [2.05, 4.69) is 5.32 Å². The summed E-state index contributed by atoms with van der Waals surface area (Å²) in [6.07, 6.45) is 2.93. The number of nitrogens with two attached hydrogens (primary N) is 1. The van der Waals surface area contributed by atoms with Crippen LogP contribution in [0.3, 0.4) is 0 Å². The molecule has 98 valence electrons. The van der Waals surface area contributed by atoms with Crippen molar-refractivity contribution in [3.63, 3.8) is 0 Å². The van der Waals surface area contributed by atoms with Crippen LogP contribution in [0.15, 0.2) is 12.1 Å². The molecule has 0 spiro atoms. The molecule has 1 aliphatic heterocycles. The molecule has 1 aliphatic rings. The van der Waals surface area contributed by atoms with Crippen molar-refractivity contribution in [1.82, 2.24) is 4.90 Å². The Morgan fingerprint density at radius 3 is 2.56 bits per heavy atom. The SMILES string of the molecule is Nc1ccc(F)c(F)c1NC(=O)N1CCCCC1. The highest BCUT2D eigenvalue weighted by atomic mass is 19.2. The highest BCUT2D eigenvalue weighted by molar-refractivity contribution is 5.92. The van der Waals surface area contributed by atoms with Crippen molar-refractivity contribution in [1.29, 1.82) is 0 Å². The van der Waals surface area contributed by atoms with Gasteiger partial charge in [-0.05, 0) is 31.4 Å². The molecule has 0 radical (unpaired) electrons. The number of nitrogens with zero attached hydrogens (tertiary/aromatic N) is 1. The molecule has 0 bridgehead atoms. The van der Waals surface area contributed by atoms with Gasteiger partial charge < -0.3 is 16.0 Å². The average molecular weight is 255 g/mol. The van der Waals surface area contributed by atoms with Crippen LogP contribution in [0.25, 0.3) is 0 Å². The van der Waals surface area contributed by atoms with Gasteiger partial charge in [0.15, 0.2) is 11.6 Å². The van der Waals surface area contributed by atoms with E-state index in [0.29, 0.717) is 13.1 Å². The third kappa shape index (κ3) is 2.52. The van der Waals surface area contributed by atoms with Crippen molar-refractivity contribution in [2.24, 2.45) is 0 Å². The molecule has 18 heavy (non-hydrogen) atoms. The number of benzene rings is 1. The Balaban J connectivity index is 2.13. The van der Waals surface area contributed by atoms with Gasteiger partial charge in [-0.2, -0.15) is 0 Å². The van der Waals surface area contributed by atoms with E-state index in [1.807, 2.05) is 0 Å². The smallest absolute Gasteiger partial charge is 0.321 e. The first-order valence-electron chi connectivity index (χ1n) is 5.89. The molecule has 0 aliphatic carbocycles. The zero-order valence-corrected chi connectivity index (χ0v) is 9.88. The van der Waals surface area contributed by atoms with Crippen molar-refractivity contribution < 1.29 is 13.6 Å². The number of halogens is 2. The van der Waals surface area contributed by atoms with Gasteiger partial charge in [0, 0.05) is 13.1 Å². The van der Waals surface area contributed by atoms with E-state index in [9.17, 15) is 13.6 Å². The fraction of sp³-hybridized carbons (Fsp3) is 0.417. The van der Waals surface area contributed by atoms with Crippen molar-refractivity contribution >= 4 is 17.4 Å². The Kier molecular flexibility index (Phi) is 3.64. The number of hydrogen-bond donors (Lipinski definition) is 2. The lowest BCUT2D eigenvalue weighted by Crippen LogP contribution is -2.39. The number of urea groups is 1. The molecule has 2 amide bonds. The predicted octanol–water partition coefficient (Wildman–Crippen LogP) is 2.56. The van der Waals surface area contributed by atoms with Crippen molar-refractivity contribution in [2.45, 2.75) is 19.3 Å². The number of rotatable bonds is 1. The number of carbonyl (C=O) groups excluding carboxylic acids is 1. The number of carbonyl (C=O) groups is 1. The molecule has 6 heteroatoms. The quantitative estimate of drug-likeness (QED) is 0.758. The third-order valence-electron chi connectivity index (χ3n) is 3.00. The van der Waals surface area contributed by atoms with Crippen LogP contribution in [0.1, 0.15) is 19.3 Å².